The third-order valence-corrected chi connectivity index (χ3v) is 2.34. The van der Waals surface area contributed by atoms with Crippen LogP contribution in [0.1, 0.15) is 18.5 Å². The minimum Gasteiger partial charge on any atom is -0.771 e. The van der Waals surface area contributed by atoms with E-state index in [1.54, 1.807) is 6.92 Å². The molecule has 0 saturated carbocycles. The highest BCUT2D eigenvalue weighted by molar-refractivity contribution is 7.79. The molecular weight excluding hydrogens is 238 g/mol. The van der Waals surface area contributed by atoms with Gasteiger partial charge in [-0.05, 0) is 35.7 Å². The molecule has 0 amide bonds. The molecular formula is C9H11F2N2O2S-. The molecule has 0 aliphatic rings. The lowest BCUT2D eigenvalue weighted by Gasteiger charge is -2.13. The van der Waals surface area contributed by atoms with Crippen LogP contribution in [0.15, 0.2) is 12.1 Å². The number of anilines is 1. The maximum atomic E-state index is 13.4. The molecule has 1 aromatic rings. The fourth-order valence-electron chi connectivity index (χ4n) is 1.16. The first-order valence-electron chi connectivity index (χ1n) is 4.46. The summed E-state index contributed by atoms with van der Waals surface area (Å²) in [4.78, 5) is 0. The van der Waals surface area contributed by atoms with Gasteiger partial charge in [-0.25, -0.2) is 8.78 Å². The Morgan fingerprint density at radius 3 is 2.38 bits per heavy atom. The maximum absolute atomic E-state index is 13.4. The zero-order valence-electron chi connectivity index (χ0n) is 8.50. The van der Waals surface area contributed by atoms with Crippen LogP contribution in [0.25, 0.3) is 0 Å². The van der Waals surface area contributed by atoms with Crippen LogP contribution in [-0.2, 0) is 11.1 Å². The van der Waals surface area contributed by atoms with Crippen molar-refractivity contribution in [2.45, 2.75) is 13.0 Å². The van der Waals surface area contributed by atoms with Crippen molar-refractivity contribution in [3.8, 4) is 0 Å². The topological polar surface area (TPSA) is 78.2 Å². The molecule has 0 spiro atoms. The van der Waals surface area contributed by atoms with Crippen molar-refractivity contribution >= 4 is 16.8 Å². The molecule has 2 atom stereocenters. The Morgan fingerprint density at radius 1 is 1.50 bits per heavy atom. The smallest absolute Gasteiger partial charge is 0.149 e. The fraction of sp³-hybridized carbons (Fsp3) is 0.333. The highest BCUT2D eigenvalue weighted by Crippen LogP contribution is 2.23. The average Bonchev–Trinajstić information content (AvgIpc) is 2.15. The zero-order chi connectivity index (χ0) is 12.3. The summed E-state index contributed by atoms with van der Waals surface area (Å²) in [5.41, 5.74) is 5.32. The molecule has 16 heavy (non-hydrogen) atoms. The summed E-state index contributed by atoms with van der Waals surface area (Å²) in [7, 11) is 0. The summed E-state index contributed by atoms with van der Waals surface area (Å²) >= 11 is -2.42. The Morgan fingerprint density at radius 2 is 2.00 bits per heavy atom. The number of nitrogens with two attached hydrogens (primary N) is 1. The van der Waals surface area contributed by atoms with Gasteiger partial charge >= 0.3 is 0 Å². The SMILES string of the molecule is C[C@@H](N)c1cc(F)c(NCS(=O)[O-])c(F)c1. The molecule has 0 radical (unpaired) electrons. The summed E-state index contributed by atoms with van der Waals surface area (Å²) in [6.45, 7) is 1.59. The van der Waals surface area contributed by atoms with Gasteiger partial charge < -0.3 is 15.6 Å². The zero-order valence-corrected chi connectivity index (χ0v) is 9.31. The molecule has 7 heteroatoms. The van der Waals surface area contributed by atoms with Crippen LogP contribution in [0.2, 0.25) is 0 Å². The first kappa shape index (κ1) is 13.0. The maximum Gasteiger partial charge on any atom is 0.149 e. The van der Waals surface area contributed by atoms with E-state index >= 15 is 0 Å². The molecule has 3 N–H and O–H groups in total. The Balaban J connectivity index is 2.98. The van der Waals surface area contributed by atoms with E-state index in [2.05, 4.69) is 5.32 Å². The number of hydrogen-bond donors (Lipinski definition) is 2. The molecule has 0 bridgehead atoms. The minimum absolute atomic E-state index is 0.309. The first-order valence-corrected chi connectivity index (χ1v) is 5.70. The Labute approximate surface area is 94.1 Å². The number of benzene rings is 1. The standard InChI is InChI=1S/C9H12F2N2O2S/c1-5(12)6-2-7(10)9(8(11)3-6)13-4-16(14)15/h2-3,5,13H,4,12H2,1H3,(H,14,15)/p-1/t5-/m1/s1. The molecule has 0 aliphatic heterocycles. The predicted molar refractivity (Wildman–Crippen MR) is 56.4 cm³/mol. The second kappa shape index (κ2) is 5.33. The monoisotopic (exact) mass is 249 g/mol. The summed E-state index contributed by atoms with van der Waals surface area (Å²) in [6.07, 6.45) is 0. The van der Waals surface area contributed by atoms with Crippen molar-refractivity contribution in [3.05, 3.63) is 29.3 Å². The lowest BCUT2D eigenvalue weighted by atomic mass is 10.1. The van der Waals surface area contributed by atoms with Gasteiger partial charge in [-0.1, -0.05) is 0 Å². The van der Waals surface area contributed by atoms with Gasteiger partial charge in [-0.3, -0.25) is 4.21 Å². The number of halogens is 2. The van der Waals surface area contributed by atoms with Gasteiger partial charge in [0.2, 0.25) is 0 Å². The molecule has 1 rings (SSSR count). The van der Waals surface area contributed by atoms with Crippen molar-refractivity contribution in [3.63, 3.8) is 0 Å². The number of rotatable bonds is 4. The van der Waals surface area contributed by atoms with Crippen molar-refractivity contribution in [2.75, 3.05) is 11.2 Å². The lowest BCUT2D eigenvalue weighted by molar-refractivity contribution is 0.538. The van der Waals surface area contributed by atoms with Crippen molar-refractivity contribution in [2.24, 2.45) is 5.73 Å². The van der Waals surface area contributed by atoms with Crippen molar-refractivity contribution < 1.29 is 17.5 Å². The molecule has 0 aromatic heterocycles. The van der Waals surface area contributed by atoms with E-state index < -0.39 is 40.3 Å². The highest BCUT2D eigenvalue weighted by Gasteiger charge is 2.12. The van der Waals surface area contributed by atoms with Crippen molar-refractivity contribution in [1.29, 1.82) is 0 Å². The van der Waals surface area contributed by atoms with Crippen LogP contribution in [0.5, 0.6) is 0 Å². The van der Waals surface area contributed by atoms with E-state index in [-0.39, 0.29) is 0 Å². The van der Waals surface area contributed by atoms with E-state index in [0.717, 1.165) is 12.1 Å². The third kappa shape index (κ3) is 3.22. The normalized spacial score (nSPS) is 14.6. The summed E-state index contributed by atoms with van der Waals surface area (Å²) in [5, 5.41) is 2.14. The summed E-state index contributed by atoms with van der Waals surface area (Å²) in [5.74, 6) is -2.28. The molecule has 0 fully saturated rings. The Hall–Kier alpha value is -1.05. The Bertz CT molecular complexity index is 389. The van der Waals surface area contributed by atoms with E-state index in [4.69, 9.17) is 5.73 Å². The molecule has 0 heterocycles. The van der Waals surface area contributed by atoms with Gasteiger partial charge in [0.05, 0.1) is 5.88 Å². The Kier molecular flexibility index (Phi) is 4.34. The van der Waals surface area contributed by atoms with E-state index in [9.17, 15) is 17.5 Å². The third-order valence-electron chi connectivity index (χ3n) is 1.96. The van der Waals surface area contributed by atoms with E-state index in [1.165, 1.54) is 0 Å². The van der Waals surface area contributed by atoms with Crippen LogP contribution in [0.3, 0.4) is 0 Å². The van der Waals surface area contributed by atoms with Gasteiger partial charge in [0.1, 0.15) is 17.3 Å². The van der Waals surface area contributed by atoms with Gasteiger partial charge in [0, 0.05) is 6.04 Å². The first-order chi connectivity index (χ1) is 7.41. The van der Waals surface area contributed by atoms with Crippen LogP contribution in [0, 0.1) is 11.6 Å². The van der Waals surface area contributed by atoms with Gasteiger partial charge in [0.25, 0.3) is 0 Å². The van der Waals surface area contributed by atoms with E-state index in [1.807, 2.05) is 0 Å². The van der Waals surface area contributed by atoms with Gasteiger partial charge in [-0.15, -0.1) is 0 Å². The van der Waals surface area contributed by atoms with E-state index in [0.29, 0.717) is 5.56 Å². The number of hydrogen-bond acceptors (Lipinski definition) is 4. The second-order valence-corrected chi connectivity index (χ2v) is 4.17. The lowest BCUT2D eigenvalue weighted by Crippen LogP contribution is -2.12. The summed E-state index contributed by atoms with van der Waals surface area (Å²) < 4.78 is 47.2. The molecule has 1 unspecified atom stereocenters. The van der Waals surface area contributed by atoms with Crippen LogP contribution < -0.4 is 11.1 Å². The molecule has 4 nitrogen and oxygen atoms in total. The van der Waals surface area contributed by atoms with Gasteiger partial charge in [0.15, 0.2) is 0 Å². The van der Waals surface area contributed by atoms with Crippen LogP contribution in [-0.4, -0.2) is 14.6 Å². The molecule has 90 valence electrons. The number of nitrogens with one attached hydrogen (secondary N) is 1. The van der Waals surface area contributed by atoms with Crippen LogP contribution >= 0.6 is 0 Å². The minimum atomic E-state index is -2.42. The highest BCUT2D eigenvalue weighted by atomic mass is 32.2. The second-order valence-electron chi connectivity index (χ2n) is 3.27. The molecule has 0 aliphatic carbocycles. The quantitative estimate of drug-likeness (QED) is 0.787. The van der Waals surface area contributed by atoms with Crippen molar-refractivity contribution in [1.82, 2.24) is 0 Å². The summed E-state index contributed by atoms with van der Waals surface area (Å²) in [6, 6.07) is 1.65. The molecule has 1 aromatic carbocycles. The van der Waals surface area contributed by atoms with Crippen LogP contribution in [0.4, 0.5) is 14.5 Å². The largest absolute Gasteiger partial charge is 0.771 e. The van der Waals surface area contributed by atoms with Gasteiger partial charge in [-0.2, -0.15) is 0 Å². The average molecular weight is 249 g/mol. The molecule has 0 saturated heterocycles. The predicted octanol–water partition coefficient (Wildman–Crippen LogP) is 1.23. The fourth-order valence-corrected chi connectivity index (χ4v) is 1.42.